The third kappa shape index (κ3) is 3.52. The van der Waals surface area contributed by atoms with Crippen LogP contribution in [-0.4, -0.2) is 16.1 Å². The van der Waals surface area contributed by atoms with Crippen LogP contribution in [0.5, 0.6) is 0 Å². The van der Waals surface area contributed by atoms with Crippen molar-refractivity contribution in [1.82, 2.24) is 9.71 Å². The van der Waals surface area contributed by atoms with Gasteiger partial charge in [-0.1, -0.05) is 6.07 Å². The van der Waals surface area contributed by atoms with Crippen LogP contribution in [0, 0.1) is 11.6 Å². The number of rotatable bonds is 5. The summed E-state index contributed by atoms with van der Waals surface area (Å²) in [6.45, 7) is 0.117. The Morgan fingerprint density at radius 2 is 2.15 bits per heavy atom. The predicted molar refractivity (Wildman–Crippen MR) is 70.3 cm³/mol. The van der Waals surface area contributed by atoms with Gasteiger partial charge in [-0.2, -0.15) is 0 Å². The molecule has 1 aromatic heterocycles. The van der Waals surface area contributed by atoms with Crippen LogP contribution in [0.3, 0.4) is 0 Å². The number of nitrogens with one attached hydrogen (secondary N) is 1. The molecule has 0 fully saturated rings. The zero-order valence-electron chi connectivity index (χ0n) is 10.1. The van der Waals surface area contributed by atoms with Gasteiger partial charge in [0.1, 0.15) is 16.7 Å². The number of hydrogen-bond acceptors (Lipinski definition) is 4. The molecule has 0 amide bonds. The number of carboxylic acid groups (broad SMARTS) is 1. The second-order valence-corrected chi connectivity index (χ2v) is 4.70. The van der Waals surface area contributed by atoms with Crippen molar-refractivity contribution in [1.29, 1.82) is 0 Å². The molecule has 2 aromatic rings. The number of aromatic carboxylic acids is 1. The van der Waals surface area contributed by atoms with Gasteiger partial charge in [-0.25, -0.2) is 18.6 Å². The third-order valence-corrected chi connectivity index (χ3v) is 3.26. The summed E-state index contributed by atoms with van der Waals surface area (Å²) in [5.74, 6) is -2.38. The molecule has 0 saturated carbocycles. The summed E-state index contributed by atoms with van der Waals surface area (Å²) in [6, 6.07) is 6.24. The maximum atomic E-state index is 13.4. The van der Waals surface area contributed by atoms with Crippen molar-refractivity contribution in [3.05, 3.63) is 59.3 Å². The van der Waals surface area contributed by atoms with Crippen LogP contribution in [-0.2, 0) is 6.54 Å². The summed E-state index contributed by atoms with van der Waals surface area (Å²) in [5.41, 5.74) is 0.344. The molecule has 1 aromatic carbocycles. The standard InChI is InChI=1S/C13H10F2N2O2S/c14-9-4-3-8(11(15)6-9)7-17-20-12-10(13(18)19)2-1-5-16-12/h1-6,17H,7H2,(H,18,19). The van der Waals surface area contributed by atoms with E-state index in [4.69, 9.17) is 5.11 Å². The van der Waals surface area contributed by atoms with Crippen LogP contribution >= 0.6 is 11.9 Å². The Hall–Kier alpha value is -1.99. The van der Waals surface area contributed by atoms with Crippen molar-refractivity contribution in [2.24, 2.45) is 0 Å². The van der Waals surface area contributed by atoms with Crippen LogP contribution in [0.1, 0.15) is 15.9 Å². The van der Waals surface area contributed by atoms with Gasteiger partial charge in [0.2, 0.25) is 0 Å². The van der Waals surface area contributed by atoms with Gasteiger partial charge in [0.05, 0.1) is 5.56 Å². The molecule has 0 saturated heterocycles. The van der Waals surface area contributed by atoms with E-state index >= 15 is 0 Å². The molecule has 0 atom stereocenters. The topological polar surface area (TPSA) is 62.2 Å². The molecule has 1 heterocycles. The average Bonchev–Trinajstić information content (AvgIpc) is 2.41. The van der Waals surface area contributed by atoms with E-state index in [-0.39, 0.29) is 22.7 Å². The van der Waals surface area contributed by atoms with E-state index in [0.717, 1.165) is 24.1 Å². The highest BCUT2D eigenvalue weighted by atomic mass is 32.2. The number of carboxylic acids is 1. The number of pyridine rings is 1. The van der Waals surface area contributed by atoms with Crippen molar-refractivity contribution < 1.29 is 18.7 Å². The number of hydrogen-bond donors (Lipinski definition) is 2. The van der Waals surface area contributed by atoms with E-state index in [1.165, 1.54) is 24.4 Å². The maximum Gasteiger partial charge on any atom is 0.338 e. The molecule has 4 nitrogen and oxygen atoms in total. The fourth-order valence-corrected chi connectivity index (χ4v) is 2.23. The summed E-state index contributed by atoms with van der Waals surface area (Å²) in [5, 5.41) is 9.25. The summed E-state index contributed by atoms with van der Waals surface area (Å²) >= 11 is 0.981. The molecule has 0 aliphatic rings. The van der Waals surface area contributed by atoms with E-state index in [1.54, 1.807) is 0 Å². The summed E-state index contributed by atoms with van der Waals surface area (Å²) in [4.78, 5) is 14.9. The van der Waals surface area contributed by atoms with E-state index < -0.39 is 17.6 Å². The fourth-order valence-electron chi connectivity index (χ4n) is 1.48. The lowest BCUT2D eigenvalue weighted by Crippen LogP contribution is -2.08. The first kappa shape index (κ1) is 14.4. The molecule has 0 spiro atoms. The Labute approximate surface area is 118 Å². The van der Waals surface area contributed by atoms with Gasteiger partial charge in [-0.15, -0.1) is 0 Å². The minimum Gasteiger partial charge on any atom is -0.478 e. The lowest BCUT2D eigenvalue weighted by Gasteiger charge is -2.06. The molecule has 0 bridgehead atoms. The first-order valence-electron chi connectivity index (χ1n) is 5.60. The molecule has 104 valence electrons. The number of halogens is 2. The molecule has 20 heavy (non-hydrogen) atoms. The molecule has 7 heteroatoms. The molecule has 0 unspecified atom stereocenters. The predicted octanol–water partition coefficient (Wildman–Crippen LogP) is 2.85. The van der Waals surface area contributed by atoms with Crippen LogP contribution < -0.4 is 4.72 Å². The number of aromatic nitrogens is 1. The summed E-state index contributed by atoms with van der Waals surface area (Å²) < 4.78 is 28.9. The first-order valence-corrected chi connectivity index (χ1v) is 6.41. The number of nitrogens with zero attached hydrogens (tertiary/aromatic N) is 1. The van der Waals surface area contributed by atoms with Crippen LogP contribution in [0.4, 0.5) is 8.78 Å². The fraction of sp³-hybridized carbons (Fsp3) is 0.0769. The monoisotopic (exact) mass is 296 g/mol. The Balaban J connectivity index is 2.01. The van der Waals surface area contributed by atoms with E-state index in [1.807, 2.05) is 0 Å². The molecule has 0 radical (unpaired) electrons. The van der Waals surface area contributed by atoms with Crippen LogP contribution in [0.25, 0.3) is 0 Å². The van der Waals surface area contributed by atoms with Crippen molar-refractivity contribution in [3.8, 4) is 0 Å². The van der Waals surface area contributed by atoms with Gasteiger partial charge in [0.25, 0.3) is 0 Å². The van der Waals surface area contributed by atoms with Crippen molar-refractivity contribution in [2.45, 2.75) is 11.6 Å². The van der Waals surface area contributed by atoms with E-state index in [2.05, 4.69) is 9.71 Å². The van der Waals surface area contributed by atoms with Crippen LogP contribution in [0.2, 0.25) is 0 Å². The Bertz CT molecular complexity index is 638. The highest BCUT2D eigenvalue weighted by molar-refractivity contribution is 7.97. The summed E-state index contributed by atoms with van der Waals surface area (Å²) in [7, 11) is 0. The highest BCUT2D eigenvalue weighted by Gasteiger charge is 2.11. The Morgan fingerprint density at radius 1 is 1.35 bits per heavy atom. The molecular weight excluding hydrogens is 286 g/mol. The van der Waals surface area contributed by atoms with E-state index in [9.17, 15) is 13.6 Å². The second kappa shape index (κ2) is 6.44. The molecule has 2 N–H and O–H groups in total. The number of carbonyl (C=O) groups is 1. The lowest BCUT2D eigenvalue weighted by molar-refractivity contribution is 0.0692. The van der Waals surface area contributed by atoms with Gasteiger partial charge in [-0.3, -0.25) is 4.72 Å². The van der Waals surface area contributed by atoms with Gasteiger partial charge < -0.3 is 5.11 Å². The van der Waals surface area contributed by atoms with Gasteiger partial charge in [0, 0.05) is 24.4 Å². The van der Waals surface area contributed by atoms with Crippen molar-refractivity contribution in [3.63, 3.8) is 0 Å². The second-order valence-electron chi connectivity index (χ2n) is 3.82. The average molecular weight is 296 g/mol. The van der Waals surface area contributed by atoms with Gasteiger partial charge >= 0.3 is 5.97 Å². The minimum atomic E-state index is -1.09. The lowest BCUT2D eigenvalue weighted by atomic mass is 10.2. The van der Waals surface area contributed by atoms with Gasteiger partial charge in [-0.05, 0) is 30.1 Å². The van der Waals surface area contributed by atoms with Crippen LogP contribution in [0.15, 0.2) is 41.6 Å². The quantitative estimate of drug-likeness (QED) is 0.831. The summed E-state index contributed by atoms with van der Waals surface area (Å²) in [6.07, 6.45) is 1.47. The first-order chi connectivity index (χ1) is 9.58. The number of benzene rings is 1. The zero-order valence-corrected chi connectivity index (χ0v) is 11.0. The maximum absolute atomic E-state index is 13.4. The zero-order chi connectivity index (χ0) is 14.5. The van der Waals surface area contributed by atoms with Crippen molar-refractivity contribution in [2.75, 3.05) is 0 Å². The molecule has 2 rings (SSSR count). The Kier molecular flexibility index (Phi) is 4.65. The third-order valence-electron chi connectivity index (χ3n) is 2.45. The molecule has 0 aliphatic heterocycles. The van der Waals surface area contributed by atoms with Gasteiger partial charge in [0.15, 0.2) is 0 Å². The SMILES string of the molecule is O=C(O)c1cccnc1SNCc1ccc(F)cc1F. The largest absolute Gasteiger partial charge is 0.478 e. The molecule has 0 aliphatic carbocycles. The normalized spacial score (nSPS) is 10.5. The van der Waals surface area contributed by atoms with E-state index in [0.29, 0.717) is 0 Å². The molecular formula is C13H10F2N2O2S. The minimum absolute atomic E-state index is 0.0598. The smallest absolute Gasteiger partial charge is 0.338 e. The highest BCUT2D eigenvalue weighted by Crippen LogP contribution is 2.18. The van der Waals surface area contributed by atoms with Crippen molar-refractivity contribution >= 4 is 17.9 Å². The Morgan fingerprint density at radius 3 is 2.85 bits per heavy atom.